The molecule has 0 radical (unpaired) electrons. The maximum atomic E-state index is 12.8. The number of amides is 1. The zero-order chi connectivity index (χ0) is 17.5. The third-order valence-corrected chi connectivity index (χ3v) is 3.81. The number of nitrogens with zero attached hydrogens (tertiary/aromatic N) is 2. The van der Waals surface area contributed by atoms with Crippen LogP contribution in [-0.2, 0) is 4.74 Å². The third kappa shape index (κ3) is 4.67. The van der Waals surface area contributed by atoms with E-state index in [0.717, 1.165) is 0 Å². The Morgan fingerprint density at radius 2 is 2.00 bits per heavy atom. The molecule has 0 saturated carbocycles. The monoisotopic (exact) mass is 345 g/mol. The van der Waals surface area contributed by atoms with Gasteiger partial charge in [0.2, 0.25) is 0 Å². The minimum Gasteiger partial charge on any atom is -0.492 e. The molecular formula is C18H20FN3O3. The number of morpholine rings is 1. The molecule has 0 aliphatic carbocycles. The van der Waals surface area contributed by atoms with Crippen LogP contribution in [-0.4, -0.2) is 50.3 Å². The van der Waals surface area contributed by atoms with E-state index in [2.05, 4.69) is 10.3 Å². The fourth-order valence-corrected chi connectivity index (χ4v) is 2.56. The summed E-state index contributed by atoms with van der Waals surface area (Å²) < 4.78 is 23.6. The number of rotatable bonds is 6. The Kier molecular flexibility index (Phi) is 5.79. The molecule has 1 amide bonds. The summed E-state index contributed by atoms with van der Waals surface area (Å²) in [7, 11) is 0. The molecule has 0 atom stereocenters. The first kappa shape index (κ1) is 17.2. The molecule has 2 aromatic rings. The van der Waals surface area contributed by atoms with E-state index in [1.165, 1.54) is 12.1 Å². The molecule has 1 saturated heterocycles. The molecule has 1 aromatic carbocycles. The highest BCUT2D eigenvalue weighted by molar-refractivity contribution is 5.98. The summed E-state index contributed by atoms with van der Waals surface area (Å²) >= 11 is 0. The summed E-state index contributed by atoms with van der Waals surface area (Å²) in [6, 6.07) is 9.27. The van der Waals surface area contributed by atoms with Crippen molar-refractivity contribution in [2.75, 3.05) is 44.4 Å². The third-order valence-electron chi connectivity index (χ3n) is 3.81. The number of hydrogen-bond acceptors (Lipinski definition) is 5. The summed E-state index contributed by atoms with van der Waals surface area (Å²) in [5, 5.41) is 2.82. The second-order valence-corrected chi connectivity index (χ2v) is 5.53. The number of pyridine rings is 1. The summed E-state index contributed by atoms with van der Waals surface area (Å²) in [4.78, 5) is 18.8. The molecule has 25 heavy (non-hydrogen) atoms. The molecule has 1 fully saturated rings. The van der Waals surface area contributed by atoms with Gasteiger partial charge in [0.05, 0.1) is 25.3 Å². The maximum absolute atomic E-state index is 12.8. The van der Waals surface area contributed by atoms with Crippen molar-refractivity contribution in [3.8, 4) is 5.75 Å². The van der Waals surface area contributed by atoms with Crippen molar-refractivity contribution >= 4 is 11.7 Å². The SMILES string of the molecule is O=C(NCCOc1ccc(F)cc1)c1cccnc1N1CCOCC1. The number of hydrogen-bond donors (Lipinski definition) is 1. The van der Waals surface area contributed by atoms with E-state index >= 15 is 0 Å². The molecule has 7 heteroatoms. The van der Waals surface area contributed by atoms with Gasteiger partial charge in [0.15, 0.2) is 0 Å². The molecule has 3 rings (SSSR count). The highest BCUT2D eigenvalue weighted by Gasteiger charge is 2.19. The van der Waals surface area contributed by atoms with Crippen molar-refractivity contribution in [1.29, 1.82) is 0 Å². The van der Waals surface area contributed by atoms with E-state index in [1.54, 1.807) is 30.5 Å². The minimum absolute atomic E-state index is 0.197. The first-order chi connectivity index (χ1) is 12.2. The molecule has 0 bridgehead atoms. The van der Waals surface area contributed by atoms with Gasteiger partial charge in [0.1, 0.15) is 24.0 Å². The lowest BCUT2D eigenvalue weighted by atomic mass is 10.2. The normalized spacial score (nSPS) is 14.2. The summed E-state index contributed by atoms with van der Waals surface area (Å²) in [6.07, 6.45) is 1.68. The number of aromatic nitrogens is 1. The molecule has 1 N–H and O–H groups in total. The first-order valence-corrected chi connectivity index (χ1v) is 8.18. The zero-order valence-electron chi connectivity index (χ0n) is 13.8. The number of nitrogens with one attached hydrogen (secondary N) is 1. The van der Waals surface area contributed by atoms with Crippen molar-refractivity contribution < 1.29 is 18.7 Å². The van der Waals surface area contributed by atoms with Gasteiger partial charge >= 0.3 is 0 Å². The Morgan fingerprint density at radius 1 is 1.24 bits per heavy atom. The number of ether oxygens (including phenoxy) is 2. The topological polar surface area (TPSA) is 63.7 Å². The smallest absolute Gasteiger partial charge is 0.255 e. The first-order valence-electron chi connectivity index (χ1n) is 8.18. The molecule has 6 nitrogen and oxygen atoms in total. The predicted molar refractivity (Wildman–Crippen MR) is 91.5 cm³/mol. The fourth-order valence-electron chi connectivity index (χ4n) is 2.56. The Bertz CT molecular complexity index is 703. The predicted octanol–water partition coefficient (Wildman–Crippen LogP) is 1.87. The van der Waals surface area contributed by atoms with Crippen molar-refractivity contribution in [3.63, 3.8) is 0 Å². The molecule has 1 aliphatic rings. The van der Waals surface area contributed by atoms with Crippen LogP contribution in [0.5, 0.6) is 5.75 Å². The van der Waals surface area contributed by atoms with Crippen molar-refractivity contribution in [2.45, 2.75) is 0 Å². The van der Waals surface area contributed by atoms with E-state index in [9.17, 15) is 9.18 Å². The molecule has 132 valence electrons. The van der Waals surface area contributed by atoms with E-state index < -0.39 is 0 Å². The molecule has 1 aromatic heterocycles. The number of anilines is 1. The lowest BCUT2D eigenvalue weighted by molar-refractivity contribution is 0.0945. The summed E-state index contributed by atoms with van der Waals surface area (Å²) in [5.74, 6) is 0.721. The Labute approximate surface area is 145 Å². The Hall–Kier alpha value is -2.67. The average molecular weight is 345 g/mol. The van der Waals surface area contributed by atoms with Crippen LogP contribution in [0.4, 0.5) is 10.2 Å². The van der Waals surface area contributed by atoms with Gasteiger partial charge in [-0.25, -0.2) is 9.37 Å². The van der Waals surface area contributed by atoms with Crippen LogP contribution in [0, 0.1) is 5.82 Å². The number of benzene rings is 1. The summed E-state index contributed by atoms with van der Waals surface area (Å²) in [6.45, 7) is 3.32. The number of carbonyl (C=O) groups excluding carboxylic acids is 1. The van der Waals surface area contributed by atoms with Gasteiger partial charge < -0.3 is 19.7 Å². The molecule has 1 aliphatic heterocycles. The molecule has 0 unspecified atom stereocenters. The molecular weight excluding hydrogens is 325 g/mol. The van der Waals surface area contributed by atoms with Gasteiger partial charge in [-0.15, -0.1) is 0 Å². The van der Waals surface area contributed by atoms with Crippen molar-refractivity contribution in [2.24, 2.45) is 0 Å². The number of carbonyl (C=O) groups is 1. The second-order valence-electron chi connectivity index (χ2n) is 5.53. The van der Waals surface area contributed by atoms with Crippen LogP contribution in [0.2, 0.25) is 0 Å². The van der Waals surface area contributed by atoms with Crippen molar-refractivity contribution in [3.05, 3.63) is 54.0 Å². The van der Waals surface area contributed by atoms with Crippen molar-refractivity contribution in [1.82, 2.24) is 10.3 Å². The van der Waals surface area contributed by atoms with E-state index in [4.69, 9.17) is 9.47 Å². The van der Waals surface area contributed by atoms with Crippen LogP contribution in [0.1, 0.15) is 10.4 Å². The van der Waals surface area contributed by atoms with Crippen LogP contribution in [0.15, 0.2) is 42.6 Å². The zero-order valence-corrected chi connectivity index (χ0v) is 13.8. The Balaban J connectivity index is 1.53. The average Bonchev–Trinajstić information content (AvgIpc) is 2.67. The van der Waals surface area contributed by atoms with E-state index in [1.807, 2.05) is 4.90 Å². The van der Waals surface area contributed by atoms with Gasteiger partial charge in [-0.3, -0.25) is 4.79 Å². The number of halogens is 1. The minimum atomic E-state index is -0.312. The van der Waals surface area contributed by atoms with Gasteiger partial charge in [-0.1, -0.05) is 0 Å². The van der Waals surface area contributed by atoms with Gasteiger partial charge in [0, 0.05) is 19.3 Å². The highest BCUT2D eigenvalue weighted by atomic mass is 19.1. The van der Waals surface area contributed by atoms with E-state index in [-0.39, 0.29) is 11.7 Å². The van der Waals surface area contributed by atoms with Gasteiger partial charge in [0.25, 0.3) is 5.91 Å². The largest absolute Gasteiger partial charge is 0.492 e. The Morgan fingerprint density at radius 3 is 2.76 bits per heavy atom. The fraction of sp³-hybridized carbons (Fsp3) is 0.333. The highest BCUT2D eigenvalue weighted by Crippen LogP contribution is 2.18. The lowest BCUT2D eigenvalue weighted by Gasteiger charge is -2.29. The van der Waals surface area contributed by atoms with Gasteiger partial charge in [-0.2, -0.15) is 0 Å². The lowest BCUT2D eigenvalue weighted by Crippen LogP contribution is -2.38. The van der Waals surface area contributed by atoms with Crippen LogP contribution < -0.4 is 15.0 Å². The van der Waals surface area contributed by atoms with Crippen LogP contribution in [0.25, 0.3) is 0 Å². The molecule has 0 spiro atoms. The van der Waals surface area contributed by atoms with E-state index in [0.29, 0.717) is 56.6 Å². The van der Waals surface area contributed by atoms with Crippen LogP contribution in [0.3, 0.4) is 0 Å². The quantitative estimate of drug-likeness (QED) is 0.810. The maximum Gasteiger partial charge on any atom is 0.255 e. The standard InChI is InChI=1S/C18H20FN3O3/c19-14-3-5-15(6-4-14)25-11-8-21-18(23)16-2-1-7-20-17(16)22-9-12-24-13-10-22/h1-7H,8-13H2,(H,21,23). The second kappa shape index (κ2) is 8.43. The summed E-state index contributed by atoms with van der Waals surface area (Å²) in [5.41, 5.74) is 0.534. The molecule has 2 heterocycles. The van der Waals surface area contributed by atoms with Crippen LogP contribution >= 0.6 is 0 Å². The van der Waals surface area contributed by atoms with Gasteiger partial charge in [-0.05, 0) is 36.4 Å².